The van der Waals surface area contributed by atoms with Gasteiger partial charge in [-0.15, -0.1) is 11.3 Å². The predicted molar refractivity (Wildman–Crippen MR) is 56.0 cm³/mol. The second-order valence-electron chi connectivity index (χ2n) is 3.56. The van der Waals surface area contributed by atoms with Crippen molar-refractivity contribution in [3.8, 4) is 0 Å². The van der Waals surface area contributed by atoms with Gasteiger partial charge < -0.3 is 0 Å². The predicted octanol–water partition coefficient (Wildman–Crippen LogP) is 2.89. The van der Waals surface area contributed by atoms with Gasteiger partial charge in [-0.1, -0.05) is 13.8 Å². The molecule has 0 aromatic carbocycles. The first-order chi connectivity index (χ1) is 6.27. The summed E-state index contributed by atoms with van der Waals surface area (Å²) in [4.78, 5) is 9.63. The van der Waals surface area contributed by atoms with Crippen molar-refractivity contribution < 1.29 is 0 Å². The molecule has 2 aromatic rings. The molecule has 0 fully saturated rings. The summed E-state index contributed by atoms with van der Waals surface area (Å²) in [6, 6.07) is 2.11. The van der Waals surface area contributed by atoms with E-state index >= 15 is 0 Å². The van der Waals surface area contributed by atoms with Crippen molar-refractivity contribution >= 4 is 21.6 Å². The average Bonchev–Trinajstić information content (AvgIpc) is 2.51. The molecule has 0 N–H and O–H groups in total. The van der Waals surface area contributed by atoms with Crippen LogP contribution in [0.5, 0.6) is 0 Å². The van der Waals surface area contributed by atoms with Crippen molar-refractivity contribution in [3.05, 3.63) is 23.5 Å². The Morgan fingerprint density at radius 1 is 1.38 bits per heavy atom. The molecule has 2 nitrogen and oxygen atoms in total. The molecule has 0 spiro atoms. The molecule has 2 aromatic heterocycles. The second-order valence-corrected chi connectivity index (χ2v) is 4.45. The van der Waals surface area contributed by atoms with Gasteiger partial charge in [-0.3, -0.25) is 0 Å². The molecule has 0 aliphatic heterocycles. The molecule has 0 amide bonds. The fourth-order valence-electron chi connectivity index (χ4n) is 1.39. The monoisotopic (exact) mass is 192 g/mol. The number of nitrogens with zero attached hydrogens (tertiary/aromatic N) is 2. The molecule has 13 heavy (non-hydrogen) atoms. The van der Waals surface area contributed by atoms with E-state index in [-0.39, 0.29) is 0 Å². The first-order valence-corrected chi connectivity index (χ1v) is 5.32. The van der Waals surface area contributed by atoms with Crippen LogP contribution in [0.1, 0.15) is 19.5 Å². The van der Waals surface area contributed by atoms with Gasteiger partial charge in [0.2, 0.25) is 0 Å². The first-order valence-electron chi connectivity index (χ1n) is 4.44. The van der Waals surface area contributed by atoms with Crippen LogP contribution in [0.2, 0.25) is 0 Å². The van der Waals surface area contributed by atoms with E-state index in [2.05, 4.69) is 35.3 Å². The minimum absolute atomic E-state index is 0.651. The highest BCUT2D eigenvalue weighted by Gasteiger charge is 2.05. The largest absolute Gasteiger partial charge is 0.241 e. The molecule has 0 aliphatic carbocycles. The molecule has 2 rings (SSSR count). The maximum absolute atomic E-state index is 4.31. The van der Waals surface area contributed by atoms with E-state index in [0.717, 1.165) is 11.3 Å². The standard InChI is InChI=1S/C10H12N2S/c1-7(2)5-9-8-3-4-13-10(8)12-6-11-9/h3-4,6-7H,5H2,1-2H3. The molecule has 2 heterocycles. The Balaban J connectivity index is 2.48. The van der Waals surface area contributed by atoms with Crippen LogP contribution in [-0.2, 0) is 6.42 Å². The summed E-state index contributed by atoms with van der Waals surface area (Å²) in [7, 11) is 0. The quantitative estimate of drug-likeness (QED) is 0.731. The van der Waals surface area contributed by atoms with Gasteiger partial charge in [0.1, 0.15) is 11.2 Å². The van der Waals surface area contributed by atoms with Crippen molar-refractivity contribution in [2.24, 2.45) is 5.92 Å². The van der Waals surface area contributed by atoms with E-state index in [0.29, 0.717) is 5.92 Å². The summed E-state index contributed by atoms with van der Waals surface area (Å²) in [5.74, 6) is 0.651. The Hall–Kier alpha value is -0.960. The maximum Gasteiger partial charge on any atom is 0.126 e. The van der Waals surface area contributed by atoms with Crippen LogP contribution in [-0.4, -0.2) is 9.97 Å². The zero-order valence-electron chi connectivity index (χ0n) is 7.82. The summed E-state index contributed by atoms with van der Waals surface area (Å²) < 4.78 is 0. The molecular formula is C10H12N2S. The summed E-state index contributed by atoms with van der Waals surface area (Å²) in [6.07, 6.45) is 2.70. The fourth-order valence-corrected chi connectivity index (χ4v) is 2.14. The minimum atomic E-state index is 0.651. The van der Waals surface area contributed by atoms with Crippen molar-refractivity contribution in [1.29, 1.82) is 0 Å². The van der Waals surface area contributed by atoms with E-state index in [1.807, 2.05) is 0 Å². The molecule has 0 bridgehead atoms. The number of thiophene rings is 1. The summed E-state index contributed by atoms with van der Waals surface area (Å²) in [6.45, 7) is 4.42. The summed E-state index contributed by atoms with van der Waals surface area (Å²) in [5, 5.41) is 3.30. The Bertz CT molecular complexity index is 406. The highest BCUT2D eigenvalue weighted by molar-refractivity contribution is 7.16. The van der Waals surface area contributed by atoms with Crippen molar-refractivity contribution in [3.63, 3.8) is 0 Å². The number of hydrogen-bond acceptors (Lipinski definition) is 3. The van der Waals surface area contributed by atoms with E-state index in [1.165, 1.54) is 11.1 Å². The third-order valence-corrected chi connectivity index (χ3v) is 2.77. The van der Waals surface area contributed by atoms with E-state index in [1.54, 1.807) is 17.7 Å². The number of rotatable bonds is 2. The zero-order valence-corrected chi connectivity index (χ0v) is 8.64. The van der Waals surface area contributed by atoms with Gasteiger partial charge in [0.25, 0.3) is 0 Å². The average molecular weight is 192 g/mol. The number of fused-ring (bicyclic) bond motifs is 1. The Kier molecular flexibility index (Phi) is 2.27. The van der Waals surface area contributed by atoms with E-state index < -0.39 is 0 Å². The van der Waals surface area contributed by atoms with Gasteiger partial charge in [-0.05, 0) is 23.8 Å². The third kappa shape index (κ3) is 1.70. The lowest BCUT2D eigenvalue weighted by atomic mass is 10.1. The van der Waals surface area contributed by atoms with E-state index in [9.17, 15) is 0 Å². The van der Waals surface area contributed by atoms with Crippen molar-refractivity contribution in [2.45, 2.75) is 20.3 Å². The molecular weight excluding hydrogens is 180 g/mol. The van der Waals surface area contributed by atoms with Gasteiger partial charge in [0.05, 0.1) is 5.69 Å². The minimum Gasteiger partial charge on any atom is -0.241 e. The number of hydrogen-bond donors (Lipinski definition) is 0. The molecule has 0 atom stereocenters. The molecule has 0 unspecified atom stereocenters. The van der Waals surface area contributed by atoms with Crippen LogP contribution in [0.3, 0.4) is 0 Å². The van der Waals surface area contributed by atoms with Crippen LogP contribution in [0.4, 0.5) is 0 Å². The second kappa shape index (κ2) is 3.42. The van der Waals surface area contributed by atoms with Crippen LogP contribution in [0.25, 0.3) is 10.2 Å². The third-order valence-electron chi connectivity index (χ3n) is 1.95. The van der Waals surface area contributed by atoms with Gasteiger partial charge in [0.15, 0.2) is 0 Å². The Morgan fingerprint density at radius 3 is 3.00 bits per heavy atom. The fraction of sp³-hybridized carbons (Fsp3) is 0.400. The van der Waals surface area contributed by atoms with Crippen LogP contribution < -0.4 is 0 Å². The SMILES string of the molecule is CC(C)Cc1ncnc2sccc12. The summed E-state index contributed by atoms with van der Waals surface area (Å²) >= 11 is 1.68. The molecule has 0 radical (unpaired) electrons. The smallest absolute Gasteiger partial charge is 0.126 e. The van der Waals surface area contributed by atoms with Gasteiger partial charge in [-0.25, -0.2) is 9.97 Å². The van der Waals surface area contributed by atoms with Crippen LogP contribution >= 0.6 is 11.3 Å². The Morgan fingerprint density at radius 2 is 2.23 bits per heavy atom. The highest BCUT2D eigenvalue weighted by Crippen LogP contribution is 2.21. The topological polar surface area (TPSA) is 25.8 Å². The molecule has 0 aliphatic rings. The lowest BCUT2D eigenvalue weighted by Gasteiger charge is -2.03. The molecule has 0 saturated heterocycles. The van der Waals surface area contributed by atoms with Gasteiger partial charge in [-0.2, -0.15) is 0 Å². The molecule has 3 heteroatoms. The maximum atomic E-state index is 4.31. The summed E-state index contributed by atoms with van der Waals surface area (Å²) in [5.41, 5.74) is 1.18. The Labute approximate surface area is 81.7 Å². The van der Waals surface area contributed by atoms with Crippen LogP contribution in [0.15, 0.2) is 17.8 Å². The lowest BCUT2D eigenvalue weighted by Crippen LogP contribution is -1.97. The zero-order chi connectivity index (χ0) is 9.26. The first kappa shape index (κ1) is 8.63. The van der Waals surface area contributed by atoms with Crippen LogP contribution in [0, 0.1) is 5.92 Å². The van der Waals surface area contributed by atoms with E-state index in [4.69, 9.17) is 0 Å². The van der Waals surface area contributed by atoms with Gasteiger partial charge >= 0.3 is 0 Å². The number of aromatic nitrogens is 2. The normalized spacial score (nSPS) is 11.3. The molecule has 0 saturated carbocycles. The lowest BCUT2D eigenvalue weighted by molar-refractivity contribution is 0.638. The highest BCUT2D eigenvalue weighted by atomic mass is 32.1. The van der Waals surface area contributed by atoms with Crippen molar-refractivity contribution in [1.82, 2.24) is 9.97 Å². The van der Waals surface area contributed by atoms with Crippen molar-refractivity contribution in [2.75, 3.05) is 0 Å². The van der Waals surface area contributed by atoms with Gasteiger partial charge in [0, 0.05) is 5.39 Å². The molecule has 68 valence electrons.